The van der Waals surface area contributed by atoms with E-state index in [0.717, 1.165) is 14.8 Å². The Morgan fingerprint density at radius 1 is 0.763 bits per heavy atom. The van der Waals surface area contributed by atoms with Crippen LogP contribution in [0.25, 0.3) is 0 Å². The lowest BCUT2D eigenvalue weighted by Gasteiger charge is -2.29. The topological polar surface area (TPSA) is 76.2 Å². The smallest absolute Gasteiger partial charge is 0.343 e. The van der Waals surface area contributed by atoms with E-state index in [1.165, 1.54) is 4.90 Å². The number of imide groups is 1. The summed E-state index contributed by atoms with van der Waals surface area (Å²) in [5.41, 5.74) is 2.48. The Labute approximate surface area is 232 Å². The summed E-state index contributed by atoms with van der Waals surface area (Å²) in [4.78, 5) is 47.2. The predicted molar refractivity (Wildman–Crippen MR) is 150 cm³/mol. The molecule has 0 radical (unpaired) electrons. The molecule has 7 nitrogen and oxygen atoms in total. The highest BCUT2D eigenvalue weighted by molar-refractivity contribution is 14.1. The maximum Gasteiger partial charge on any atom is 0.343 e. The minimum Gasteiger partial charge on any atom is -0.423 e. The van der Waals surface area contributed by atoms with Gasteiger partial charge < -0.3 is 4.74 Å². The number of anilines is 2. The number of hydroxylamine groups is 1. The van der Waals surface area contributed by atoms with Crippen LogP contribution in [0, 0.1) is 9.49 Å². The molecule has 0 spiro atoms. The Bertz CT molecular complexity index is 1510. The van der Waals surface area contributed by atoms with Gasteiger partial charge in [-0.3, -0.25) is 14.4 Å². The zero-order valence-electron chi connectivity index (χ0n) is 19.9. The van der Waals surface area contributed by atoms with Gasteiger partial charge in [-0.1, -0.05) is 60.7 Å². The van der Waals surface area contributed by atoms with Gasteiger partial charge in [-0.2, -0.15) is 0 Å². The highest BCUT2D eigenvalue weighted by Crippen LogP contribution is 2.48. The standard InChI is InChI=1S/C30H21IN2O5/c31-23-13-7-8-14-24(23)32-28(34)25-26(33(38-27(25)29(32)35)21-11-5-2-6-12-21)19-15-17-22(18-16-19)37-30(36)20-9-3-1-4-10-20/h1-18,25-27H. The molecule has 0 aliphatic carbocycles. The number of hydrogen-bond donors (Lipinski definition) is 0. The van der Waals surface area contributed by atoms with Crippen LogP contribution in [0.3, 0.4) is 0 Å². The molecule has 2 fully saturated rings. The lowest BCUT2D eigenvalue weighted by Crippen LogP contribution is -2.37. The molecule has 6 rings (SSSR count). The summed E-state index contributed by atoms with van der Waals surface area (Å²) in [6, 6.07) is 31.8. The van der Waals surface area contributed by atoms with E-state index in [4.69, 9.17) is 9.57 Å². The first kappa shape index (κ1) is 24.3. The van der Waals surface area contributed by atoms with Gasteiger partial charge in [-0.25, -0.2) is 14.8 Å². The van der Waals surface area contributed by atoms with Crippen LogP contribution in [0.4, 0.5) is 11.4 Å². The van der Waals surface area contributed by atoms with Crippen molar-refractivity contribution in [2.75, 3.05) is 9.96 Å². The molecule has 8 heteroatoms. The summed E-state index contributed by atoms with van der Waals surface area (Å²) >= 11 is 2.12. The summed E-state index contributed by atoms with van der Waals surface area (Å²) in [6.07, 6.45) is -0.959. The molecule has 4 aromatic rings. The molecule has 188 valence electrons. The van der Waals surface area contributed by atoms with E-state index in [1.54, 1.807) is 65.7 Å². The van der Waals surface area contributed by atoms with Gasteiger partial charge in [0.15, 0.2) is 6.10 Å². The van der Waals surface area contributed by atoms with E-state index in [0.29, 0.717) is 17.0 Å². The molecular weight excluding hydrogens is 595 g/mol. The van der Waals surface area contributed by atoms with Crippen LogP contribution in [-0.2, 0) is 14.4 Å². The van der Waals surface area contributed by atoms with Crippen LogP contribution >= 0.6 is 22.6 Å². The van der Waals surface area contributed by atoms with Crippen LogP contribution in [0.5, 0.6) is 5.75 Å². The zero-order chi connectivity index (χ0) is 26.2. The fourth-order valence-electron chi connectivity index (χ4n) is 4.90. The molecule has 3 atom stereocenters. The molecule has 2 aliphatic rings. The third-order valence-electron chi connectivity index (χ3n) is 6.66. The molecule has 4 aromatic carbocycles. The van der Waals surface area contributed by atoms with Gasteiger partial charge in [0, 0.05) is 3.57 Å². The first-order valence-electron chi connectivity index (χ1n) is 12.0. The molecule has 38 heavy (non-hydrogen) atoms. The van der Waals surface area contributed by atoms with Gasteiger partial charge in [0.25, 0.3) is 5.91 Å². The van der Waals surface area contributed by atoms with Crippen LogP contribution in [0.2, 0.25) is 0 Å². The summed E-state index contributed by atoms with van der Waals surface area (Å²) in [5.74, 6) is -1.54. The van der Waals surface area contributed by atoms with Crippen LogP contribution < -0.4 is 14.7 Å². The normalized spacial score (nSPS) is 20.5. The summed E-state index contributed by atoms with van der Waals surface area (Å²) in [6.45, 7) is 0. The number of amides is 2. The number of ether oxygens (including phenoxy) is 1. The number of fused-ring (bicyclic) bond motifs is 1. The first-order chi connectivity index (χ1) is 18.5. The Hall–Kier alpha value is -4.02. The number of carbonyl (C=O) groups is 3. The third-order valence-corrected chi connectivity index (χ3v) is 7.57. The van der Waals surface area contributed by atoms with Gasteiger partial charge in [0.05, 0.1) is 23.0 Å². The van der Waals surface area contributed by atoms with Crippen molar-refractivity contribution in [1.82, 2.24) is 0 Å². The second-order valence-electron chi connectivity index (χ2n) is 8.95. The highest BCUT2D eigenvalue weighted by Gasteiger charge is 2.60. The van der Waals surface area contributed by atoms with Gasteiger partial charge in [-0.15, -0.1) is 0 Å². The number of benzene rings is 4. The fourth-order valence-corrected chi connectivity index (χ4v) is 5.52. The number of hydrogen-bond acceptors (Lipinski definition) is 6. The maximum atomic E-state index is 13.8. The Morgan fingerprint density at radius 2 is 1.39 bits per heavy atom. The van der Waals surface area contributed by atoms with E-state index in [1.807, 2.05) is 48.5 Å². The molecule has 2 heterocycles. The summed E-state index contributed by atoms with van der Waals surface area (Å²) in [5, 5.41) is 1.64. The van der Waals surface area contributed by atoms with Crippen LogP contribution in [0.1, 0.15) is 22.0 Å². The third kappa shape index (κ3) is 4.25. The molecular formula is C30H21IN2O5. The van der Waals surface area contributed by atoms with E-state index < -0.39 is 24.0 Å². The molecule has 2 aliphatic heterocycles. The van der Waals surface area contributed by atoms with Crippen LogP contribution in [0.15, 0.2) is 109 Å². The van der Waals surface area contributed by atoms with Gasteiger partial charge in [-0.05, 0) is 76.7 Å². The second-order valence-corrected chi connectivity index (χ2v) is 10.1. The van der Waals surface area contributed by atoms with Crippen molar-refractivity contribution < 1.29 is 24.0 Å². The van der Waals surface area contributed by atoms with E-state index in [9.17, 15) is 14.4 Å². The van der Waals surface area contributed by atoms with Crippen molar-refractivity contribution >= 4 is 51.7 Å². The van der Waals surface area contributed by atoms with Crippen molar-refractivity contribution in [2.45, 2.75) is 12.1 Å². The largest absolute Gasteiger partial charge is 0.423 e. The van der Waals surface area contributed by atoms with Crippen molar-refractivity contribution in [2.24, 2.45) is 5.92 Å². The molecule has 0 saturated carbocycles. The molecule has 3 unspecified atom stereocenters. The number of esters is 1. The molecule has 2 amide bonds. The minimum atomic E-state index is -0.959. The predicted octanol–water partition coefficient (Wildman–Crippen LogP) is 5.56. The SMILES string of the molecule is O=C(Oc1ccc(C2C3C(=O)N(c4ccccc4I)C(=O)C3ON2c2ccccc2)cc1)c1ccccc1. The number of nitrogens with zero attached hydrogens (tertiary/aromatic N) is 2. The minimum absolute atomic E-state index is 0.313. The van der Waals surface area contributed by atoms with E-state index >= 15 is 0 Å². The Morgan fingerprint density at radius 3 is 2.08 bits per heavy atom. The Kier molecular flexibility index (Phi) is 6.42. The number of para-hydroxylation sites is 2. The number of rotatable bonds is 5. The Balaban J connectivity index is 1.34. The second kappa shape index (κ2) is 10.0. The number of carbonyl (C=O) groups excluding carboxylic acids is 3. The van der Waals surface area contributed by atoms with Crippen molar-refractivity contribution in [3.63, 3.8) is 0 Å². The van der Waals surface area contributed by atoms with Gasteiger partial charge >= 0.3 is 5.97 Å². The average molecular weight is 616 g/mol. The highest BCUT2D eigenvalue weighted by atomic mass is 127. The molecule has 0 aromatic heterocycles. The summed E-state index contributed by atoms with van der Waals surface area (Å²) < 4.78 is 6.33. The molecule has 0 N–H and O–H groups in total. The monoisotopic (exact) mass is 616 g/mol. The first-order valence-corrected chi connectivity index (χ1v) is 13.1. The quantitative estimate of drug-likeness (QED) is 0.127. The number of halogens is 1. The lowest BCUT2D eigenvalue weighted by atomic mass is 9.90. The van der Waals surface area contributed by atoms with Gasteiger partial charge in [0.1, 0.15) is 11.7 Å². The maximum absolute atomic E-state index is 13.8. The van der Waals surface area contributed by atoms with Gasteiger partial charge in [0.2, 0.25) is 5.91 Å². The average Bonchev–Trinajstić information content (AvgIpc) is 3.46. The molecule has 2 saturated heterocycles. The van der Waals surface area contributed by atoms with Crippen molar-refractivity contribution in [3.05, 3.63) is 124 Å². The zero-order valence-corrected chi connectivity index (χ0v) is 22.1. The molecule has 0 bridgehead atoms. The summed E-state index contributed by atoms with van der Waals surface area (Å²) in [7, 11) is 0. The van der Waals surface area contributed by atoms with Crippen molar-refractivity contribution in [1.29, 1.82) is 0 Å². The van der Waals surface area contributed by atoms with Crippen molar-refractivity contribution in [3.8, 4) is 5.75 Å². The van der Waals surface area contributed by atoms with E-state index in [2.05, 4.69) is 22.6 Å². The van der Waals surface area contributed by atoms with Crippen LogP contribution in [-0.4, -0.2) is 23.9 Å². The fraction of sp³-hybridized carbons (Fsp3) is 0.100. The van der Waals surface area contributed by atoms with E-state index in [-0.39, 0.29) is 11.8 Å². The lowest BCUT2D eigenvalue weighted by molar-refractivity contribution is -0.126.